The predicted molar refractivity (Wildman–Crippen MR) is 84.2 cm³/mol. The molecule has 0 saturated heterocycles. The summed E-state index contributed by atoms with van der Waals surface area (Å²) in [5.74, 6) is 0.429. The number of nitrogens with one attached hydrogen (secondary N) is 1. The van der Waals surface area contributed by atoms with Crippen LogP contribution in [0.1, 0.15) is 24.2 Å². The first-order valence-corrected chi connectivity index (χ1v) is 7.04. The van der Waals surface area contributed by atoms with Crippen LogP contribution >= 0.6 is 0 Å². The van der Waals surface area contributed by atoms with E-state index in [-0.39, 0.29) is 12.0 Å². The van der Waals surface area contributed by atoms with Crippen LogP contribution in [0.4, 0.5) is 5.69 Å². The summed E-state index contributed by atoms with van der Waals surface area (Å²) in [5.41, 5.74) is 2.46. The molecular formula is C17H16N2O3. The van der Waals surface area contributed by atoms with E-state index in [0.29, 0.717) is 28.1 Å². The Morgan fingerprint density at radius 2 is 2.05 bits per heavy atom. The number of nitrogens with zero attached hydrogens (tertiary/aromatic N) is 1. The molecule has 3 aromatic rings. The third-order valence-corrected chi connectivity index (χ3v) is 3.09. The molecule has 0 radical (unpaired) electrons. The van der Waals surface area contributed by atoms with Crippen LogP contribution in [-0.4, -0.2) is 17.0 Å². The average molecular weight is 296 g/mol. The molecule has 1 N–H and O–H groups in total. The molecule has 2 aromatic carbocycles. The van der Waals surface area contributed by atoms with Gasteiger partial charge in [0, 0.05) is 5.56 Å². The van der Waals surface area contributed by atoms with Gasteiger partial charge >= 0.3 is 0 Å². The molecule has 5 nitrogen and oxygen atoms in total. The molecule has 1 aromatic heterocycles. The van der Waals surface area contributed by atoms with Crippen LogP contribution in [0.2, 0.25) is 0 Å². The van der Waals surface area contributed by atoms with Gasteiger partial charge in [-0.2, -0.15) is 0 Å². The molecule has 1 heterocycles. The molecule has 112 valence electrons. The van der Waals surface area contributed by atoms with Crippen LogP contribution in [0, 0.1) is 0 Å². The maximum Gasteiger partial charge on any atom is 0.255 e. The van der Waals surface area contributed by atoms with Gasteiger partial charge in [0.05, 0.1) is 11.8 Å². The lowest BCUT2D eigenvalue weighted by Crippen LogP contribution is -2.14. The van der Waals surface area contributed by atoms with E-state index in [4.69, 9.17) is 9.15 Å². The fraction of sp³-hybridized carbons (Fsp3) is 0.176. The second-order valence-corrected chi connectivity index (χ2v) is 5.15. The summed E-state index contributed by atoms with van der Waals surface area (Å²) < 4.78 is 10.9. The molecule has 0 atom stereocenters. The molecule has 0 fully saturated rings. The largest absolute Gasteiger partial charge is 0.489 e. The van der Waals surface area contributed by atoms with E-state index in [0.717, 1.165) is 0 Å². The lowest BCUT2D eigenvalue weighted by atomic mass is 10.2. The zero-order valence-electron chi connectivity index (χ0n) is 12.4. The second-order valence-electron chi connectivity index (χ2n) is 5.15. The summed E-state index contributed by atoms with van der Waals surface area (Å²) in [6.07, 6.45) is 1.39. The molecule has 0 bridgehead atoms. The van der Waals surface area contributed by atoms with E-state index in [2.05, 4.69) is 10.3 Å². The normalized spacial score (nSPS) is 10.9. The minimum Gasteiger partial charge on any atom is -0.489 e. The number of aromatic nitrogens is 1. The summed E-state index contributed by atoms with van der Waals surface area (Å²) in [6.45, 7) is 3.88. The number of rotatable bonds is 4. The number of amides is 1. The molecule has 5 heteroatoms. The third-order valence-electron chi connectivity index (χ3n) is 3.09. The van der Waals surface area contributed by atoms with Crippen LogP contribution in [0.25, 0.3) is 11.1 Å². The summed E-state index contributed by atoms with van der Waals surface area (Å²) in [7, 11) is 0. The van der Waals surface area contributed by atoms with Crippen molar-refractivity contribution in [2.75, 3.05) is 5.32 Å². The number of ether oxygens (including phenoxy) is 1. The number of hydrogen-bond donors (Lipinski definition) is 1. The lowest BCUT2D eigenvalue weighted by molar-refractivity contribution is 0.102. The topological polar surface area (TPSA) is 64.4 Å². The fourth-order valence-electron chi connectivity index (χ4n) is 2.12. The minimum atomic E-state index is -0.218. The van der Waals surface area contributed by atoms with Gasteiger partial charge in [0.15, 0.2) is 12.0 Å². The Labute approximate surface area is 127 Å². The van der Waals surface area contributed by atoms with Crippen molar-refractivity contribution in [2.24, 2.45) is 0 Å². The molecule has 0 unspecified atom stereocenters. The highest BCUT2D eigenvalue weighted by Gasteiger charge is 2.12. The van der Waals surface area contributed by atoms with Crippen molar-refractivity contribution in [1.82, 2.24) is 4.98 Å². The molecular weight excluding hydrogens is 280 g/mol. The molecule has 0 aliphatic carbocycles. The van der Waals surface area contributed by atoms with E-state index >= 15 is 0 Å². The van der Waals surface area contributed by atoms with Gasteiger partial charge in [-0.15, -0.1) is 0 Å². The fourth-order valence-corrected chi connectivity index (χ4v) is 2.12. The number of anilines is 1. The summed E-state index contributed by atoms with van der Waals surface area (Å²) in [5, 5.41) is 2.87. The Hall–Kier alpha value is -2.82. The number of para-hydroxylation sites is 2. The SMILES string of the molecule is CC(C)Oc1ccccc1NC(=O)c1ccc2ocnc2c1. The van der Waals surface area contributed by atoms with Gasteiger partial charge in [-0.25, -0.2) is 4.98 Å². The number of fused-ring (bicyclic) bond motifs is 1. The molecule has 0 spiro atoms. The first kappa shape index (κ1) is 14.1. The lowest BCUT2D eigenvalue weighted by Gasteiger charge is -2.14. The standard InChI is InChI=1S/C17H16N2O3/c1-11(2)22-16-6-4-3-5-13(16)19-17(20)12-7-8-15-14(9-12)18-10-21-15/h3-11H,1-2H3,(H,19,20). The Morgan fingerprint density at radius 3 is 2.86 bits per heavy atom. The van der Waals surface area contributed by atoms with Crippen molar-refractivity contribution in [3.05, 3.63) is 54.4 Å². The van der Waals surface area contributed by atoms with Crippen LogP contribution < -0.4 is 10.1 Å². The van der Waals surface area contributed by atoms with Gasteiger partial charge in [-0.05, 0) is 44.2 Å². The van der Waals surface area contributed by atoms with Gasteiger partial charge in [0.25, 0.3) is 5.91 Å². The maximum absolute atomic E-state index is 12.4. The Morgan fingerprint density at radius 1 is 1.23 bits per heavy atom. The van der Waals surface area contributed by atoms with Gasteiger partial charge in [0.1, 0.15) is 11.3 Å². The van der Waals surface area contributed by atoms with Gasteiger partial charge in [0.2, 0.25) is 0 Å². The van der Waals surface area contributed by atoms with E-state index in [1.165, 1.54) is 6.39 Å². The van der Waals surface area contributed by atoms with Crippen LogP contribution in [-0.2, 0) is 0 Å². The van der Waals surface area contributed by atoms with Crippen LogP contribution in [0.3, 0.4) is 0 Å². The number of carbonyl (C=O) groups excluding carboxylic acids is 1. The number of carbonyl (C=O) groups is 1. The van der Waals surface area contributed by atoms with Gasteiger partial charge in [-0.1, -0.05) is 12.1 Å². The van der Waals surface area contributed by atoms with Crippen LogP contribution in [0.15, 0.2) is 53.3 Å². The van der Waals surface area contributed by atoms with Crippen molar-refractivity contribution in [3.8, 4) is 5.75 Å². The molecule has 0 aliphatic rings. The highest BCUT2D eigenvalue weighted by Crippen LogP contribution is 2.25. The van der Waals surface area contributed by atoms with Crippen molar-refractivity contribution >= 4 is 22.7 Å². The second kappa shape index (κ2) is 5.89. The Kier molecular flexibility index (Phi) is 3.78. The Bertz CT molecular complexity index is 808. The average Bonchev–Trinajstić information content (AvgIpc) is 2.96. The van der Waals surface area contributed by atoms with Crippen molar-refractivity contribution < 1.29 is 13.9 Å². The van der Waals surface area contributed by atoms with Crippen LogP contribution in [0.5, 0.6) is 5.75 Å². The summed E-state index contributed by atoms with van der Waals surface area (Å²) >= 11 is 0. The molecule has 0 saturated carbocycles. The Balaban J connectivity index is 1.84. The summed E-state index contributed by atoms with van der Waals surface area (Å²) in [6, 6.07) is 12.5. The van der Waals surface area contributed by atoms with Gasteiger partial charge < -0.3 is 14.5 Å². The third kappa shape index (κ3) is 2.93. The minimum absolute atomic E-state index is 0.0320. The summed E-state index contributed by atoms with van der Waals surface area (Å²) in [4.78, 5) is 16.4. The van der Waals surface area contributed by atoms with Gasteiger partial charge in [-0.3, -0.25) is 4.79 Å². The number of oxazole rings is 1. The molecule has 3 rings (SSSR count). The quantitative estimate of drug-likeness (QED) is 0.793. The number of hydrogen-bond acceptors (Lipinski definition) is 4. The van der Waals surface area contributed by atoms with E-state index < -0.39 is 0 Å². The smallest absolute Gasteiger partial charge is 0.255 e. The monoisotopic (exact) mass is 296 g/mol. The predicted octanol–water partition coefficient (Wildman–Crippen LogP) is 3.87. The van der Waals surface area contributed by atoms with E-state index in [1.54, 1.807) is 18.2 Å². The maximum atomic E-state index is 12.4. The molecule has 22 heavy (non-hydrogen) atoms. The highest BCUT2D eigenvalue weighted by molar-refractivity contribution is 6.06. The van der Waals surface area contributed by atoms with E-state index in [1.807, 2.05) is 38.1 Å². The first-order valence-electron chi connectivity index (χ1n) is 7.04. The van der Waals surface area contributed by atoms with E-state index in [9.17, 15) is 4.79 Å². The zero-order chi connectivity index (χ0) is 15.5. The highest BCUT2D eigenvalue weighted by atomic mass is 16.5. The van der Waals surface area contributed by atoms with Crippen molar-refractivity contribution in [1.29, 1.82) is 0 Å². The molecule has 1 amide bonds. The van der Waals surface area contributed by atoms with Crippen molar-refractivity contribution in [3.63, 3.8) is 0 Å². The number of benzene rings is 2. The first-order chi connectivity index (χ1) is 10.6. The molecule has 0 aliphatic heterocycles. The zero-order valence-corrected chi connectivity index (χ0v) is 12.4. The van der Waals surface area contributed by atoms with Crippen molar-refractivity contribution in [2.45, 2.75) is 20.0 Å².